The molecule has 2 saturated heterocycles. The Kier molecular flexibility index (Phi) is 5.57. The molecule has 6 nitrogen and oxygen atoms in total. The van der Waals surface area contributed by atoms with Gasteiger partial charge in [0.25, 0.3) is 0 Å². The largest absolute Gasteiger partial charge is 0.354 e. The highest BCUT2D eigenvalue weighted by molar-refractivity contribution is 5.87. The van der Waals surface area contributed by atoms with Crippen molar-refractivity contribution >= 4 is 11.9 Å². The molecule has 1 atom stereocenters. The zero-order chi connectivity index (χ0) is 17.9. The van der Waals surface area contributed by atoms with Gasteiger partial charge in [-0.25, -0.2) is 9.97 Å². The first kappa shape index (κ1) is 18.1. The summed E-state index contributed by atoms with van der Waals surface area (Å²) in [7, 11) is 0. The van der Waals surface area contributed by atoms with Crippen LogP contribution in [-0.2, 0) is 11.3 Å². The Bertz CT molecular complexity index is 588. The van der Waals surface area contributed by atoms with Crippen molar-refractivity contribution in [2.24, 2.45) is 0 Å². The van der Waals surface area contributed by atoms with E-state index in [4.69, 9.17) is 0 Å². The number of carbonyl (C=O) groups excluding carboxylic acids is 1. The van der Waals surface area contributed by atoms with Gasteiger partial charge in [0.05, 0.1) is 0 Å². The Morgan fingerprint density at radius 1 is 1.20 bits per heavy atom. The molecule has 6 heteroatoms. The highest BCUT2D eigenvalue weighted by Gasteiger charge is 2.51. The lowest BCUT2D eigenvalue weighted by Crippen LogP contribution is -2.61. The molecular formula is C19H31N5O. The second kappa shape index (κ2) is 7.68. The van der Waals surface area contributed by atoms with Crippen LogP contribution in [0.3, 0.4) is 0 Å². The van der Waals surface area contributed by atoms with Gasteiger partial charge in [-0.2, -0.15) is 0 Å². The van der Waals surface area contributed by atoms with Crippen LogP contribution < -0.4 is 5.32 Å². The van der Waals surface area contributed by atoms with Crippen LogP contribution in [0.15, 0.2) is 12.4 Å². The van der Waals surface area contributed by atoms with E-state index in [1.807, 2.05) is 12.4 Å². The molecule has 1 aromatic rings. The maximum atomic E-state index is 13.2. The Morgan fingerprint density at radius 3 is 2.52 bits per heavy atom. The normalized spacial score (nSPS) is 24.5. The van der Waals surface area contributed by atoms with Crippen molar-refractivity contribution in [1.82, 2.24) is 19.8 Å². The quantitative estimate of drug-likeness (QED) is 0.859. The summed E-state index contributed by atoms with van der Waals surface area (Å²) in [5.41, 5.74) is 0.777. The van der Waals surface area contributed by atoms with Crippen LogP contribution >= 0.6 is 0 Å². The van der Waals surface area contributed by atoms with Crippen molar-refractivity contribution in [1.29, 1.82) is 0 Å². The fourth-order valence-electron chi connectivity index (χ4n) is 4.19. The fourth-order valence-corrected chi connectivity index (χ4v) is 4.19. The molecule has 1 amide bonds. The second-order valence-corrected chi connectivity index (χ2v) is 7.59. The molecule has 3 heterocycles. The van der Waals surface area contributed by atoms with Crippen LogP contribution in [0, 0.1) is 0 Å². The van der Waals surface area contributed by atoms with Crippen LogP contribution in [0.2, 0.25) is 0 Å². The van der Waals surface area contributed by atoms with E-state index < -0.39 is 0 Å². The van der Waals surface area contributed by atoms with Crippen molar-refractivity contribution < 1.29 is 4.79 Å². The fraction of sp³-hybridized carbons (Fsp3) is 0.737. The molecule has 0 aliphatic carbocycles. The Morgan fingerprint density at radius 2 is 1.88 bits per heavy atom. The van der Waals surface area contributed by atoms with Crippen LogP contribution in [0.5, 0.6) is 0 Å². The predicted molar refractivity (Wildman–Crippen MR) is 99.3 cm³/mol. The van der Waals surface area contributed by atoms with Crippen LogP contribution in [0.4, 0.5) is 5.95 Å². The molecule has 25 heavy (non-hydrogen) atoms. The number of aromatic nitrogens is 2. The highest BCUT2D eigenvalue weighted by atomic mass is 16.2. The van der Waals surface area contributed by atoms with Crippen molar-refractivity contribution in [2.75, 3.05) is 25.0 Å². The monoisotopic (exact) mass is 345 g/mol. The standard InChI is InChI=1S/C19H31N5O/c1-4-9-20-18-21-12-16(13-22-18)14-23-10-5-7-19(23)8-6-11-24(15(2)3)17(19)25/h12-13,15H,4-11,14H2,1-3H3,(H,20,21,22). The van der Waals surface area contributed by atoms with Gasteiger partial charge >= 0.3 is 0 Å². The number of nitrogens with one attached hydrogen (secondary N) is 1. The number of piperidine rings is 1. The lowest BCUT2D eigenvalue weighted by Gasteiger charge is -2.46. The zero-order valence-electron chi connectivity index (χ0n) is 15.8. The summed E-state index contributed by atoms with van der Waals surface area (Å²) in [5.74, 6) is 1.01. The Labute approximate surface area is 151 Å². The molecular weight excluding hydrogens is 314 g/mol. The molecule has 2 fully saturated rings. The van der Waals surface area contributed by atoms with Gasteiger partial charge < -0.3 is 10.2 Å². The van der Waals surface area contributed by atoms with E-state index in [1.54, 1.807) is 0 Å². The molecule has 0 bridgehead atoms. The third kappa shape index (κ3) is 3.64. The molecule has 1 aromatic heterocycles. The molecule has 1 N–H and O–H groups in total. The molecule has 1 unspecified atom stereocenters. The third-order valence-corrected chi connectivity index (χ3v) is 5.51. The van der Waals surface area contributed by atoms with Gasteiger partial charge in [-0.3, -0.25) is 9.69 Å². The zero-order valence-corrected chi connectivity index (χ0v) is 15.8. The topological polar surface area (TPSA) is 61.4 Å². The minimum absolute atomic E-state index is 0.277. The molecule has 138 valence electrons. The average Bonchev–Trinajstić information content (AvgIpc) is 3.00. The van der Waals surface area contributed by atoms with Crippen LogP contribution in [0.25, 0.3) is 0 Å². The lowest BCUT2D eigenvalue weighted by atomic mass is 9.84. The van der Waals surface area contributed by atoms with Crippen LogP contribution in [0.1, 0.15) is 58.4 Å². The summed E-state index contributed by atoms with van der Waals surface area (Å²) in [6.45, 7) is 9.87. The van der Waals surface area contributed by atoms with Gasteiger partial charge in [-0.05, 0) is 52.5 Å². The number of carbonyl (C=O) groups is 1. The van der Waals surface area contributed by atoms with E-state index in [2.05, 4.69) is 45.9 Å². The number of hydrogen-bond acceptors (Lipinski definition) is 5. The molecule has 0 saturated carbocycles. The Hall–Kier alpha value is -1.69. The highest BCUT2D eigenvalue weighted by Crippen LogP contribution is 2.39. The molecule has 0 aromatic carbocycles. The SMILES string of the molecule is CCCNc1ncc(CN2CCCC23CCCN(C(C)C)C3=O)cn1. The first-order valence-corrected chi connectivity index (χ1v) is 9.68. The predicted octanol–water partition coefficient (Wildman–Crippen LogP) is 2.66. The van der Waals surface area contributed by atoms with Crippen molar-refractivity contribution in [3.8, 4) is 0 Å². The summed E-state index contributed by atoms with van der Waals surface area (Å²) >= 11 is 0. The van der Waals surface area contributed by atoms with Crippen molar-refractivity contribution in [3.63, 3.8) is 0 Å². The molecule has 0 radical (unpaired) electrons. The molecule has 2 aliphatic rings. The number of anilines is 1. The smallest absolute Gasteiger partial charge is 0.243 e. The van der Waals surface area contributed by atoms with E-state index in [0.29, 0.717) is 11.9 Å². The number of hydrogen-bond donors (Lipinski definition) is 1. The van der Waals surface area contributed by atoms with Gasteiger partial charge in [-0.1, -0.05) is 6.92 Å². The van der Waals surface area contributed by atoms with Gasteiger partial charge in [0.1, 0.15) is 5.54 Å². The minimum Gasteiger partial charge on any atom is -0.354 e. The molecule has 3 rings (SSSR count). The molecule has 2 aliphatic heterocycles. The number of likely N-dealkylation sites (tertiary alicyclic amines) is 2. The maximum Gasteiger partial charge on any atom is 0.243 e. The summed E-state index contributed by atoms with van der Waals surface area (Å²) in [6, 6.07) is 0.277. The lowest BCUT2D eigenvalue weighted by molar-refractivity contribution is -0.149. The van der Waals surface area contributed by atoms with E-state index in [9.17, 15) is 4.79 Å². The summed E-state index contributed by atoms with van der Waals surface area (Å²) in [6.07, 6.45) is 8.98. The van der Waals surface area contributed by atoms with Gasteiger partial charge in [-0.15, -0.1) is 0 Å². The first-order chi connectivity index (χ1) is 12.1. The average molecular weight is 345 g/mol. The first-order valence-electron chi connectivity index (χ1n) is 9.68. The molecule has 1 spiro atoms. The van der Waals surface area contributed by atoms with Gasteiger partial charge in [0, 0.05) is 43.6 Å². The van der Waals surface area contributed by atoms with Crippen molar-refractivity contribution in [3.05, 3.63) is 18.0 Å². The Balaban J connectivity index is 1.72. The number of amides is 1. The van der Waals surface area contributed by atoms with Gasteiger partial charge in [0.2, 0.25) is 11.9 Å². The summed E-state index contributed by atoms with van der Waals surface area (Å²) in [5, 5.41) is 3.20. The van der Waals surface area contributed by atoms with Gasteiger partial charge in [0.15, 0.2) is 0 Å². The number of nitrogens with zero attached hydrogens (tertiary/aromatic N) is 4. The second-order valence-electron chi connectivity index (χ2n) is 7.59. The van der Waals surface area contributed by atoms with E-state index >= 15 is 0 Å². The van der Waals surface area contributed by atoms with Crippen LogP contribution in [-0.4, -0.2) is 56.9 Å². The summed E-state index contributed by atoms with van der Waals surface area (Å²) in [4.78, 5) is 26.5. The van der Waals surface area contributed by atoms with Crippen molar-refractivity contribution in [2.45, 2.75) is 71.0 Å². The van der Waals surface area contributed by atoms with E-state index in [1.165, 1.54) is 0 Å². The van der Waals surface area contributed by atoms with E-state index in [0.717, 1.165) is 63.8 Å². The van der Waals surface area contributed by atoms with E-state index in [-0.39, 0.29) is 11.6 Å². The maximum absolute atomic E-state index is 13.2. The number of rotatable bonds is 6. The minimum atomic E-state index is -0.304. The third-order valence-electron chi connectivity index (χ3n) is 5.51. The summed E-state index contributed by atoms with van der Waals surface area (Å²) < 4.78 is 0.